The van der Waals surface area contributed by atoms with Crippen LogP contribution in [-0.2, 0) is 20.9 Å². The van der Waals surface area contributed by atoms with Crippen molar-refractivity contribution in [1.29, 1.82) is 0 Å². The monoisotopic (exact) mass is 406 g/mol. The van der Waals surface area contributed by atoms with E-state index >= 15 is 0 Å². The van der Waals surface area contributed by atoms with Crippen LogP contribution in [-0.4, -0.2) is 29.9 Å². The third-order valence-corrected chi connectivity index (χ3v) is 5.16. The number of aliphatic hydroxyl groups excluding tert-OH is 1. The lowest BCUT2D eigenvalue weighted by Crippen LogP contribution is -2.16. The highest BCUT2D eigenvalue weighted by atomic mass is 16.5. The van der Waals surface area contributed by atoms with Crippen molar-refractivity contribution in [1.82, 2.24) is 0 Å². The Morgan fingerprint density at radius 1 is 0.862 bits per heavy atom. The van der Waals surface area contributed by atoms with Crippen LogP contribution >= 0.6 is 0 Å². The summed E-state index contributed by atoms with van der Waals surface area (Å²) in [6.07, 6.45) is 12.9. The normalized spacial score (nSPS) is 13.2. The molecule has 1 unspecified atom stereocenters. The fourth-order valence-electron chi connectivity index (χ4n) is 3.53. The molecule has 0 spiro atoms. The number of esters is 1. The van der Waals surface area contributed by atoms with E-state index in [0.29, 0.717) is 6.61 Å². The summed E-state index contributed by atoms with van der Waals surface area (Å²) in [6, 6.07) is 10.3. The second-order valence-corrected chi connectivity index (χ2v) is 8.17. The predicted octanol–water partition coefficient (Wildman–Crippen LogP) is 6.20. The van der Waals surface area contributed by atoms with Crippen LogP contribution < -0.4 is 0 Å². The van der Waals surface area contributed by atoms with Crippen LogP contribution in [0.2, 0.25) is 0 Å². The number of hydrogen-bond acceptors (Lipinski definition) is 4. The molecule has 0 amide bonds. The van der Waals surface area contributed by atoms with Crippen LogP contribution in [0, 0.1) is 0 Å². The largest absolute Gasteiger partial charge is 0.463 e. The predicted molar refractivity (Wildman–Crippen MR) is 119 cm³/mol. The number of benzene rings is 1. The maximum Gasteiger partial charge on any atom is 0.302 e. The zero-order valence-electron chi connectivity index (χ0n) is 18.6. The van der Waals surface area contributed by atoms with Crippen LogP contribution in [0.5, 0.6) is 0 Å². The molecule has 0 heterocycles. The molecule has 0 aliphatic heterocycles. The number of aliphatic hydroxyl groups is 1. The maximum absolute atomic E-state index is 11.3. The van der Waals surface area contributed by atoms with Crippen molar-refractivity contribution in [3.8, 4) is 0 Å². The summed E-state index contributed by atoms with van der Waals surface area (Å²) in [5.41, 5.74) is 1.23. The highest BCUT2D eigenvalue weighted by Crippen LogP contribution is 2.17. The van der Waals surface area contributed by atoms with Crippen LogP contribution in [0.15, 0.2) is 30.3 Å². The molecule has 4 heteroatoms. The summed E-state index contributed by atoms with van der Waals surface area (Å²) < 4.78 is 11.2. The second kappa shape index (κ2) is 17.5. The molecule has 0 aliphatic rings. The van der Waals surface area contributed by atoms with Crippen molar-refractivity contribution in [2.45, 2.75) is 110 Å². The lowest BCUT2D eigenvalue weighted by Gasteiger charge is -2.17. The van der Waals surface area contributed by atoms with Gasteiger partial charge in [-0.1, -0.05) is 68.9 Å². The topological polar surface area (TPSA) is 55.8 Å². The van der Waals surface area contributed by atoms with Crippen molar-refractivity contribution in [2.75, 3.05) is 6.61 Å². The molecule has 166 valence electrons. The molecule has 1 aromatic carbocycles. The number of carbonyl (C=O) groups is 1. The number of ether oxygens (including phenoxy) is 2. The highest BCUT2D eigenvalue weighted by Gasteiger charge is 2.11. The van der Waals surface area contributed by atoms with Gasteiger partial charge in [-0.25, -0.2) is 0 Å². The first-order valence-corrected chi connectivity index (χ1v) is 11.5. The third-order valence-electron chi connectivity index (χ3n) is 5.16. The molecule has 0 aliphatic carbocycles. The smallest absolute Gasteiger partial charge is 0.302 e. The minimum atomic E-state index is -0.195. The zero-order chi connectivity index (χ0) is 21.2. The number of rotatable bonds is 18. The molecular weight excluding hydrogens is 364 g/mol. The van der Waals surface area contributed by atoms with E-state index in [0.717, 1.165) is 64.4 Å². The van der Waals surface area contributed by atoms with Gasteiger partial charge in [0.2, 0.25) is 0 Å². The fraction of sp³-hybridized carbons (Fsp3) is 0.720. The van der Waals surface area contributed by atoms with E-state index < -0.39 is 0 Å². The quantitative estimate of drug-likeness (QED) is 0.233. The van der Waals surface area contributed by atoms with E-state index in [-0.39, 0.29) is 18.2 Å². The van der Waals surface area contributed by atoms with E-state index in [4.69, 9.17) is 9.47 Å². The molecule has 2 atom stereocenters. The van der Waals surface area contributed by atoms with Crippen molar-refractivity contribution in [2.24, 2.45) is 0 Å². The van der Waals surface area contributed by atoms with E-state index in [2.05, 4.69) is 12.1 Å². The Labute approximate surface area is 178 Å². The highest BCUT2D eigenvalue weighted by molar-refractivity contribution is 5.66. The molecule has 0 fully saturated rings. The molecule has 1 aromatic rings. The first kappa shape index (κ1) is 25.6. The molecule has 1 N–H and O–H groups in total. The van der Waals surface area contributed by atoms with Gasteiger partial charge in [0, 0.05) is 13.5 Å². The Morgan fingerprint density at radius 2 is 1.41 bits per heavy atom. The summed E-state index contributed by atoms with van der Waals surface area (Å²) in [5.74, 6) is -0.167. The zero-order valence-corrected chi connectivity index (χ0v) is 18.6. The summed E-state index contributed by atoms with van der Waals surface area (Å²) in [5, 5.41) is 9.28. The fourth-order valence-corrected chi connectivity index (χ4v) is 3.53. The molecule has 0 aromatic heterocycles. The van der Waals surface area contributed by atoms with Gasteiger partial charge in [-0.2, -0.15) is 0 Å². The average Bonchev–Trinajstić information content (AvgIpc) is 2.69. The molecule has 29 heavy (non-hydrogen) atoms. The molecular formula is C25H42O4. The third kappa shape index (κ3) is 16.1. The molecule has 0 bridgehead atoms. The van der Waals surface area contributed by atoms with Crippen LogP contribution in [0.1, 0.15) is 96.5 Å². The summed E-state index contributed by atoms with van der Waals surface area (Å²) in [7, 11) is 0. The number of unbranched alkanes of at least 4 members (excludes halogenated alkanes) is 7. The minimum Gasteiger partial charge on any atom is -0.463 e. The molecule has 0 saturated heterocycles. The van der Waals surface area contributed by atoms with E-state index in [1.807, 2.05) is 25.1 Å². The molecule has 1 rings (SSSR count). The summed E-state index contributed by atoms with van der Waals surface area (Å²) in [6.45, 7) is 4.86. The SMILES string of the molecule is CC(=O)OC(CCCCCCCOCc1ccccc1)CCCCCC[C@@H](C)O. The summed E-state index contributed by atoms with van der Waals surface area (Å²) >= 11 is 0. The Kier molecular flexibility index (Phi) is 15.4. The lowest BCUT2D eigenvalue weighted by atomic mass is 10.0. The van der Waals surface area contributed by atoms with E-state index in [1.54, 1.807) is 0 Å². The minimum absolute atomic E-state index is 0.0680. The molecule has 4 nitrogen and oxygen atoms in total. The Hall–Kier alpha value is -1.39. The van der Waals surface area contributed by atoms with E-state index in [1.165, 1.54) is 31.7 Å². The molecule has 0 radical (unpaired) electrons. The van der Waals surface area contributed by atoms with Gasteiger partial charge < -0.3 is 14.6 Å². The van der Waals surface area contributed by atoms with Gasteiger partial charge >= 0.3 is 5.97 Å². The molecule has 0 saturated carbocycles. The van der Waals surface area contributed by atoms with Crippen molar-refractivity contribution in [3.63, 3.8) is 0 Å². The second-order valence-electron chi connectivity index (χ2n) is 8.17. The van der Waals surface area contributed by atoms with Crippen molar-refractivity contribution < 1.29 is 19.4 Å². The van der Waals surface area contributed by atoms with Gasteiger partial charge in [0.25, 0.3) is 0 Å². The van der Waals surface area contributed by atoms with Gasteiger partial charge in [0.1, 0.15) is 6.10 Å². The van der Waals surface area contributed by atoms with Crippen LogP contribution in [0.4, 0.5) is 0 Å². The van der Waals surface area contributed by atoms with Gasteiger partial charge in [0.05, 0.1) is 12.7 Å². The Bertz CT molecular complexity index is 501. The van der Waals surface area contributed by atoms with Crippen LogP contribution in [0.25, 0.3) is 0 Å². The van der Waals surface area contributed by atoms with Gasteiger partial charge in [-0.15, -0.1) is 0 Å². The first-order valence-electron chi connectivity index (χ1n) is 11.5. The van der Waals surface area contributed by atoms with Crippen LogP contribution in [0.3, 0.4) is 0 Å². The number of carbonyl (C=O) groups excluding carboxylic acids is 1. The Morgan fingerprint density at radius 3 is 2.00 bits per heavy atom. The first-order chi connectivity index (χ1) is 14.1. The van der Waals surface area contributed by atoms with Gasteiger partial charge in [-0.05, 0) is 51.0 Å². The standard InChI is InChI=1S/C25H42O4/c1-22(26)15-9-5-6-13-19-25(29-23(2)27)18-12-4-3-7-14-20-28-21-24-16-10-8-11-17-24/h8,10-11,16-17,22,25-26H,3-7,9,12-15,18-21H2,1-2H3/t22-,25?/m1/s1. The average molecular weight is 407 g/mol. The Balaban J connectivity index is 1.99. The van der Waals surface area contributed by atoms with E-state index in [9.17, 15) is 9.90 Å². The van der Waals surface area contributed by atoms with Crippen molar-refractivity contribution >= 4 is 5.97 Å². The lowest BCUT2D eigenvalue weighted by molar-refractivity contribution is -0.147. The van der Waals surface area contributed by atoms with Gasteiger partial charge in [-0.3, -0.25) is 4.79 Å². The van der Waals surface area contributed by atoms with Gasteiger partial charge in [0.15, 0.2) is 0 Å². The van der Waals surface area contributed by atoms with Crippen molar-refractivity contribution in [3.05, 3.63) is 35.9 Å². The summed E-state index contributed by atoms with van der Waals surface area (Å²) in [4.78, 5) is 11.3. The number of hydrogen-bond donors (Lipinski definition) is 1. The maximum atomic E-state index is 11.3.